The lowest BCUT2D eigenvalue weighted by molar-refractivity contribution is 0.00219. The Kier molecular flexibility index (Phi) is 2.53. The van der Waals surface area contributed by atoms with E-state index in [1.807, 2.05) is 31.2 Å². The van der Waals surface area contributed by atoms with Crippen LogP contribution in [0.1, 0.15) is 26.3 Å². The molecule has 1 atom stereocenters. The van der Waals surface area contributed by atoms with E-state index in [1.54, 1.807) is 0 Å². The van der Waals surface area contributed by atoms with Crippen molar-refractivity contribution in [2.24, 2.45) is 0 Å². The smallest absolute Gasteiger partial charge is 0.143 e. The SMILES string of the molecule is CC1(C)COC(C)(c2ccc(Cl)cc2)N1. The second kappa shape index (κ2) is 3.48. The molecule has 15 heavy (non-hydrogen) atoms. The summed E-state index contributed by atoms with van der Waals surface area (Å²) in [6.45, 7) is 7.03. The molecule has 82 valence electrons. The standard InChI is InChI=1S/C12H16ClNO/c1-11(2)8-15-12(3,14-11)9-4-6-10(13)7-5-9/h4-7,14H,8H2,1-3H3. The Morgan fingerprint density at radius 1 is 1.20 bits per heavy atom. The van der Waals surface area contributed by atoms with Crippen molar-refractivity contribution in [2.45, 2.75) is 32.0 Å². The molecule has 0 radical (unpaired) electrons. The van der Waals surface area contributed by atoms with Gasteiger partial charge in [0.2, 0.25) is 0 Å². The summed E-state index contributed by atoms with van der Waals surface area (Å²) in [5, 5.41) is 4.23. The fourth-order valence-corrected chi connectivity index (χ4v) is 2.09. The lowest BCUT2D eigenvalue weighted by Gasteiger charge is -2.27. The summed E-state index contributed by atoms with van der Waals surface area (Å²) in [5.74, 6) is 0. The molecule has 1 aromatic carbocycles. The highest BCUT2D eigenvalue weighted by Gasteiger charge is 2.41. The van der Waals surface area contributed by atoms with E-state index < -0.39 is 5.72 Å². The maximum Gasteiger partial charge on any atom is 0.143 e. The van der Waals surface area contributed by atoms with Crippen LogP contribution in [0.3, 0.4) is 0 Å². The summed E-state index contributed by atoms with van der Waals surface area (Å²) in [6, 6.07) is 7.77. The topological polar surface area (TPSA) is 21.3 Å². The van der Waals surface area contributed by atoms with E-state index in [-0.39, 0.29) is 5.54 Å². The zero-order valence-electron chi connectivity index (χ0n) is 9.30. The molecule has 1 aliphatic heterocycles. The van der Waals surface area contributed by atoms with Crippen molar-refractivity contribution in [3.8, 4) is 0 Å². The van der Waals surface area contributed by atoms with Gasteiger partial charge in [0.25, 0.3) is 0 Å². The van der Waals surface area contributed by atoms with Crippen molar-refractivity contribution in [1.29, 1.82) is 0 Å². The molecule has 0 amide bonds. The van der Waals surface area contributed by atoms with Gasteiger partial charge in [0, 0.05) is 10.6 Å². The van der Waals surface area contributed by atoms with Gasteiger partial charge in [-0.05, 0) is 38.5 Å². The molecule has 1 aliphatic rings. The minimum atomic E-state index is -0.395. The number of nitrogens with one attached hydrogen (secondary N) is 1. The van der Waals surface area contributed by atoms with Crippen LogP contribution < -0.4 is 5.32 Å². The molecule has 0 aliphatic carbocycles. The van der Waals surface area contributed by atoms with Gasteiger partial charge in [-0.2, -0.15) is 0 Å². The molecule has 1 aromatic rings. The average Bonchev–Trinajstić information content (AvgIpc) is 2.43. The summed E-state index contributed by atoms with van der Waals surface area (Å²) < 4.78 is 5.83. The Bertz CT molecular complexity index is 360. The van der Waals surface area contributed by atoms with E-state index in [2.05, 4.69) is 19.2 Å². The van der Waals surface area contributed by atoms with Crippen LogP contribution >= 0.6 is 11.6 Å². The van der Waals surface area contributed by atoms with E-state index in [0.29, 0.717) is 6.61 Å². The molecule has 3 heteroatoms. The summed E-state index contributed by atoms with van der Waals surface area (Å²) in [6.07, 6.45) is 0. The Balaban J connectivity index is 2.27. The molecule has 1 unspecified atom stereocenters. The predicted octanol–water partition coefficient (Wildman–Crippen LogP) is 2.91. The minimum Gasteiger partial charge on any atom is -0.355 e. The lowest BCUT2D eigenvalue weighted by atomic mass is 10.0. The highest BCUT2D eigenvalue weighted by atomic mass is 35.5. The highest BCUT2D eigenvalue weighted by Crippen LogP contribution is 2.32. The normalized spacial score (nSPS) is 29.3. The number of rotatable bonds is 1. The molecular formula is C12H16ClNO. The van der Waals surface area contributed by atoms with Crippen LogP contribution in [0.25, 0.3) is 0 Å². The van der Waals surface area contributed by atoms with Gasteiger partial charge in [0.15, 0.2) is 0 Å². The first-order valence-electron chi connectivity index (χ1n) is 5.11. The molecule has 1 saturated heterocycles. The van der Waals surface area contributed by atoms with Crippen molar-refractivity contribution in [3.63, 3.8) is 0 Å². The van der Waals surface area contributed by atoms with Crippen LogP contribution in [0.4, 0.5) is 0 Å². The quantitative estimate of drug-likeness (QED) is 0.794. The third-order valence-corrected chi connectivity index (χ3v) is 2.95. The van der Waals surface area contributed by atoms with Crippen molar-refractivity contribution >= 4 is 11.6 Å². The molecule has 0 bridgehead atoms. The van der Waals surface area contributed by atoms with Crippen molar-refractivity contribution in [3.05, 3.63) is 34.9 Å². The van der Waals surface area contributed by atoms with Gasteiger partial charge >= 0.3 is 0 Å². The van der Waals surface area contributed by atoms with E-state index in [9.17, 15) is 0 Å². The zero-order valence-corrected chi connectivity index (χ0v) is 10.1. The van der Waals surface area contributed by atoms with Gasteiger partial charge < -0.3 is 4.74 Å². The van der Waals surface area contributed by atoms with Crippen LogP contribution in [0.15, 0.2) is 24.3 Å². The molecule has 2 nitrogen and oxygen atoms in total. The number of hydrogen-bond donors (Lipinski definition) is 1. The fraction of sp³-hybridized carbons (Fsp3) is 0.500. The monoisotopic (exact) mass is 225 g/mol. The molecular weight excluding hydrogens is 210 g/mol. The third-order valence-electron chi connectivity index (χ3n) is 2.69. The number of halogens is 1. The molecule has 0 aromatic heterocycles. The van der Waals surface area contributed by atoms with Crippen LogP contribution in [-0.2, 0) is 10.5 Å². The van der Waals surface area contributed by atoms with Gasteiger partial charge in [0.1, 0.15) is 5.72 Å². The van der Waals surface area contributed by atoms with E-state index in [4.69, 9.17) is 16.3 Å². The Hall–Kier alpha value is -0.570. The van der Waals surface area contributed by atoms with E-state index >= 15 is 0 Å². The predicted molar refractivity (Wildman–Crippen MR) is 62.0 cm³/mol. The van der Waals surface area contributed by atoms with Gasteiger partial charge in [-0.3, -0.25) is 5.32 Å². The summed E-state index contributed by atoms with van der Waals surface area (Å²) in [5.41, 5.74) is 0.736. The van der Waals surface area contributed by atoms with Gasteiger partial charge in [0.05, 0.1) is 6.61 Å². The Labute approximate surface area is 95.6 Å². The van der Waals surface area contributed by atoms with Crippen molar-refractivity contribution in [2.75, 3.05) is 6.61 Å². The number of hydrogen-bond acceptors (Lipinski definition) is 2. The number of benzene rings is 1. The van der Waals surface area contributed by atoms with Crippen LogP contribution in [0, 0.1) is 0 Å². The van der Waals surface area contributed by atoms with Crippen LogP contribution in [-0.4, -0.2) is 12.1 Å². The van der Waals surface area contributed by atoms with Gasteiger partial charge in [-0.1, -0.05) is 23.7 Å². The maximum atomic E-state index is 5.86. The summed E-state index contributed by atoms with van der Waals surface area (Å²) in [7, 11) is 0. The van der Waals surface area contributed by atoms with Crippen LogP contribution in [0.5, 0.6) is 0 Å². The molecule has 0 spiro atoms. The first-order chi connectivity index (χ1) is 6.91. The third kappa shape index (κ3) is 2.17. The second-order valence-corrected chi connectivity index (χ2v) is 5.27. The zero-order chi connectivity index (χ0) is 11.1. The molecule has 0 saturated carbocycles. The highest BCUT2D eigenvalue weighted by molar-refractivity contribution is 6.30. The number of ether oxygens (including phenoxy) is 1. The van der Waals surface area contributed by atoms with Crippen molar-refractivity contribution < 1.29 is 4.74 Å². The molecule has 1 heterocycles. The largest absolute Gasteiger partial charge is 0.355 e. The Morgan fingerprint density at radius 2 is 1.80 bits per heavy atom. The van der Waals surface area contributed by atoms with Gasteiger partial charge in [-0.25, -0.2) is 0 Å². The summed E-state index contributed by atoms with van der Waals surface area (Å²) in [4.78, 5) is 0. The molecule has 1 fully saturated rings. The van der Waals surface area contributed by atoms with Crippen LogP contribution in [0.2, 0.25) is 5.02 Å². The second-order valence-electron chi connectivity index (χ2n) is 4.84. The van der Waals surface area contributed by atoms with E-state index in [0.717, 1.165) is 10.6 Å². The molecule has 1 N–H and O–H groups in total. The average molecular weight is 226 g/mol. The minimum absolute atomic E-state index is 0.0222. The van der Waals surface area contributed by atoms with E-state index in [1.165, 1.54) is 0 Å². The first-order valence-corrected chi connectivity index (χ1v) is 5.48. The molecule has 2 rings (SSSR count). The van der Waals surface area contributed by atoms with Crippen molar-refractivity contribution in [1.82, 2.24) is 5.32 Å². The first kappa shape index (κ1) is 10.9. The fourth-order valence-electron chi connectivity index (χ4n) is 1.97. The Morgan fingerprint density at radius 3 is 2.27 bits per heavy atom. The van der Waals surface area contributed by atoms with Gasteiger partial charge in [-0.15, -0.1) is 0 Å². The lowest BCUT2D eigenvalue weighted by Crippen LogP contribution is -2.44. The maximum absolute atomic E-state index is 5.86. The summed E-state index contributed by atoms with van der Waals surface area (Å²) >= 11 is 5.86.